The van der Waals surface area contributed by atoms with Crippen LogP contribution in [0.3, 0.4) is 0 Å². The Hall–Kier alpha value is -2.80. The van der Waals surface area contributed by atoms with Gasteiger partial charge in [-0.1, -0.05) is 23.4 Å². The number of nitrogens with zero attached hydrogens (tertiary/aromatic N) is 2. The molecule has 1 unspecified atom stereocenters. The van der Waals surface area contributed by atoms with Crippen LogP contribution < -0.4 is 10.2 Å². The highest BCUT2D eigenvalue weighted by atomic mass is 32.2. The number of carbonyl (C=O) groups excluding carboxylic acids is 1. The van der Waals surface area contributed by atoms with Crippen LogP contribution in [0.15, 0.2) is 57.9 Å². The van der Waals surface area contributed by atoms with Gasteiger partial charge in [-0.25, -0.2) is 4.39 Å². The molecule has 0 saturated carbocycles. The highest BCUT2D eigenvalue weighted by molar-refractivity contribution is 7.98. The van der Waals surface area contributed by atoms with Crippen LogP contribution in [0.4, 0.5) is 10.1 Å². The monoisotopic (exact) mass is 439 g/mol. The van der Waals surface area contributed by atoms with E-state index in [4.69, 9.17) is 4.52 Å². The van der Waals surface area contributed by atoms with Crippen LogP contribution in [0.25, 0.3) is 0 Å². The van der Waals surface area contributed by atoms with Gasteiger partial charge in [-0.15, -0.1) is 11.8 Å². The van der Waals surface area contributed by atoms with Crippen molar-refractivity contribution in [3.63, 3.8) is 0 Å². The zero-order chi connectivity index (χ0) is 21.8. The van der Waals surface area contributed by atoms with E-state index in [1.807, 2.05) is 44.2 Å². The molecule has 1 saturated heterocycles. The number of amides is 1. The first-order valence-electron chi connectivity index (χ1n) is 10.5. The van der Waals surface area contributed by atoms with Gasteiger partial charge < -0.3 is 14.7 Å². The minimum Gasteiger partial charge on any atom is -0.369 e. The first kappa shape index (κ1) is 21.4. The van der Waals surface area contributed by atoms with Crippen molar-refractivity contribution >= 4 is 23.4 Å². The Morgan fingerprint density at radius 1 is 1.26 bits per heavy atom. The highest BCUT2D eigenvalue weighted by Gasteiger charge is 2.23. The van der Waals surface area contributed by atoms with E-state index in [2.05, 4.69) is 15.4 Å². The van der Waals surface area contributed by atoms with Gasteiger partial charge in [0.15, 0.2) is 0 Å². The summed E-state index contributed by atoms with van der Waals surface area (Å²) in [4.78, 5) is 16.2. The fourth-order valence-electron chi connectivity index (χ4n) is 3.90. The number of aromatic nitrogens is 1. The van der Waals surface area contributed by atoms with Crippen molar-refractivity contribution in [3.05, 3.63) is 76.9 Å². The molecule has 4 rings (SSSR count). The van der Waals surface area contributed by atoms with Crippen molar-refractivity contribution in [1.29, 1.82) is 0 Å². The van der Waals surface area contributed by atoms with E-state index >= 15 is 0 Å². The molecule has 1 aliphatic heterocycles. The Bertz CT molecular complexity index is 1050. The lowest BCUT2D eigenvalue weighted by Gasteiger charge is -2.35. The molecular formula is C24H26FN3O2S. The van der Waals surface area contributed by atoms with Gasteiger partial charge in [0, 0.05) is 41.0 Å². The lowest BCUT2D eigenvalue weighted by molar-refractivity contribution is 0.0930. The molecule has 0 spiro atoms. The molecule has 7 heteroatoms. The van der Waals surface area contributed by atoms with Gasteiger partial charge in [0.25, 0.3) is 5.91 Å². The summed E-state index contributed by atoms with van der Waals surface area (Å²) in [5, 5.41) is 7.19. The standard InChI is InChI=1S/C24H26FN3O2S/c1-16-22(17(2)30-27-16)15-31-23-11-4-3-10-21(23)24(29)26-19-8-6-12-28(14-19)20-9-5-7-18(25)13-20/h3-5,7,9-11,13,19H,6,8,12,14-15H2,1-2H3,(H,26,29). The molecule has 0 radical (unpaired) electrons. The van der Waals surface area contributed by atoms with Crippen LogP contribution in [0.5, 0.6) is 0 Å². The van der Waals surface area contributed by atoms with Crippen molar-refractivity contribution in [2.24, 2.45) is 0 Å². The topological polar surface area (TPSA) is 58.4 Å². The van der Waals surface area contributed by atoms with Gasteiger partial charge in [0.05, 0.1) is 11.3 Å². The predicted molar refractivity (Wildman–Crippen MR) is 121 cm³/mol. The van der Waals surface area contributed by atoms with Crippen molar-refractivity contribution in [1.82, 2.24) is 10.5 Å². The number of halogens is 1. The van der Waals surface area contributed by atoms with E-state index < -0.39 is 0 Å². The number of nitrogens with one attached hydrogen (secondary N) is 1. The summed E-state index contributed by atoms with van der Waals surface area (Å²) in [5.74, 6) is 1.19. The average molecular weight is 440 g/mol. The third-order valence-electron chi connectivity index (χ3n) is 5.61. The van der Waals surface area contributed by atoms with Gasteiger partial charge in [0.1, 0.15) is 11.6 Å². The van der Waals surface area contributed by atoms with Gasteiger partial charge in [0.2, 0.25) is 0 Å². The van der Waals surface area contributed by atoms with Crippen molar-refractivity contribution < 1.29 is 13.7 Å². The van der Waals surface area contributed by atoms with Crippen molar-refractivity contribution in [3.8, 4) is 0 Å². The summed E-state index contributed by atoms with van der Waals surface area (Å²) in [6.45, 7) is 5.36. The zero-order valence-corrected chi connectivity index (χ0v) is 18.5. The van der Waals surface area contributed by atoms with Crippen LogP contribution in [0.2, 0.25) is 0 Å². The minimum absolute atomic E-state index is 0.0186. The Morgan fingerprint density at radius 3 is 2.87 bits per heavy atom. The van der Waals surface area contributed by atoms with Crippen LogP contribution >= 0.6 is 11.8 Å². The van der Waals surface area contributed by atoms with E-state index in [0.29, 0.717) is 17.9 Å². The Labute approximate surface area is 186 Å². The Kier molecular flexibility index (Phi) is 6.61. The Balaban J connectivity index is 1.42. The number of aryl methyl sites for hydroxylation is 2. The summed E-state index contributed by atoms with van der Waals surface area (Å²) >= 11 is 1.61. The SMILES string of the molecule is Cc1noc(C)c1CSc1ccccc1C(=O)NC1CCCN(c2cccc(F)c2)C1. The molecular weight excluding hydrogens is 413 g/mol. The van der Waals surface area contributed by atoms with E-state index in [1.54, 1.807) is 23.9 Å². The lowest BCUT2D eigenvalue weighted by atomic mass is 10.0. The maximum Gasteiger partial charge on any atom is 0.252 e. The van der Waals surface area contributed by atoms with Gasteiger partial charge in [-0.3, -0.25) is 4.79 Å². The third-order valence-corrected chi connectivity index (χ3v) is 6.71. The quantitative estimate of drug-likeness (QED) is 0.540. The smallest absolute Gasteiger partial charge is 0.252 e. The molecule has 1 aromatic heterocycles. The molecule has 2 aromatic carbocycles. The molecule has 2 heterocycles. The number of thioether (sulfide) groups is 1. The fourth-order valence-corrected chi connectivity index (χ4v) is 5.11. The molecule has 0 bridgehead atoms. The number of benzene rings is 2. The number of rotatable bonds is 6. The van der Waals surface area contributed by atoms with Crippen LogP contribution in [-0.4, -0.2) is 30.2 Å². The summed E-state index contributed by atoms with van der Waals surface area (Å²) in [7, 11) is 0. The molecule has 1 fully saturated rings. The molecule has 31 heavy (non-hydrogen) atoms. The average Bonchev–Trinajstić information content (AvgIpc) is 3.10. The second-order valence-electron chi connectivity index (χ2n) is 7.83. The summed E-state index contributed by atoms with van der Waals surface area (Å²) < 4.78 is 18.9. The summed E-state index contributed by atoms with van der Waals surface area (Å²) in [6.07, 6.45) is 1.86. The molecule has 162 valence electrons. The van der Waals surface area contributed by atoms with Crippen molar-refractivity contribution in [2.45, 2.75) is 43.4 Å². The molecule has 1 aliphatic rings. The molecule has 3 aromatic rings. The first-order chi connectivity index (χ1) is 15.0. The first-order valence-corrected chi connectivity index (χ1v) is 11.4. The van der Waals surface area contributed by atoms with E-state index in [1.165, 1.54) is 6.07 Å². The van der Waals surface area contributed by atoms with Crippen LogP contribution in [0, 0.1) is 19.7 Å². The molecule has 1 N–H and O–H groups in total. The molecule has 5 nitrogen and oxygen atoms in total. The largest absolute Gasteiger partial charge is 0.369 e. The molecule has 1 atom stereocenters. The summed E-state index contributed by atoms with van der Waals surface area (Å²) in [5.41, 5.74) is 3.47. The predicted octanol–water partition coefficient (Wildman–Crippen LogP) is 5.12. The van der Waals surface area contributed by atoms with Gasteiger partial charge in [-0.2, -0.15) is 0 Å². The zero-order valence-electron chi connectivity index (χ0n) is 17.7. The second kappa shape index (κ2) is 9.56. The number of piperidine rings is 1. The number of hydrogen-bond donors (Lipinski definition) is 1. The second-order valence-corrected chi connectivity index (χ2v) is 8.84. The fraction of sp³-hybridized carbons (Fsp3) is 0.333. The number of anilines is 1. The third kappa shape index (κ3) is 5.10. The molecule has 0 aliphatic carbocycles. The number of carbonyl (C=O) groups is 1. The van der Waals surface area contributed by atoms with E-state index in [9.17, 15) is 9.18 Å². The van der Waals surface area contributed by atoms with Crippen LogP contribution in [-0.2, 0) is 5.75 Å². The maximum atomic E-state index is 13.6. The molecule has 1 amide bonds. The Morgan fingerprint density at radius 2 is 2.10 bits per heavy atom. The van der Waals surface area contributed by atoms with E-state index in [-0.39, 0.29) is 17.8 Å². The van der Waals surface area contributed by atoms with Crippen LogP contribution in [0.1, 0.15) is 40.2 Å². The normalized spacial score (nSPS) is 16.4. The summed E-state index contributed by atoms with van der Waals surface area (Å²) in [6, 6.07) is 14.3. The minimum atomic E-state index is -0.243. The maximum absolute atomic E-state index is 13.6. The lowest BCUT2D eigenvalue weighted by Crippen LogP contribution is -2.48. The van der Waals surface area contributed by atoms with Crippen molar-refractivity contribution in [2.75, 3.05) is 18.0 Å². The number of hydrogen-bond acceptors (Lipinski definition) is 5. The highest BCUT2D eigenvalue weighted by Crippen LogP contribution is 2.29. The van der Waals surface area contributed by atoms with Gasteiger partial charge in [-0.05, 0) is 57.0 Å². The van der Waals surface area contributed by atoms with E-state index in [0.717, 1.165) is 47.0 Å². The van der Waals surface area contributed by atoms with Gasteiger partial charge >= 0.3 is 0 Å².